The van der Waals surface area contributed by atoms with Gasteiger partial charge in [-0.1, -0.05) is 47.6 Å². The molecule has 0 aliphatic rings. The van der Waals surface area contributed by atoms with Crippen LogP contribution in [0.4, 0.5) is 0 Å². The largest absolute Gasteiger partial charge is 0.253 e. The summed E-state index contributed by atoms with van der Waals surface area (Å²) in [6, 6.07) is 12.3. The van der Waals surface area contributed by atoms with Crippen LogP contribution in [-0.4, -0.2) is 15.0 Å². The predicted molar refractivity (Wildman–Crippen MR) is 147 cm³/mol. The first-order valence-electron chi connectivity index (χ1n) is 13.2. The second kappa shape index (κ2) is 7.84. The van der Waals surface area contributed by atoms with Gasteiger partial charge in [-0.3, -0.25) is 4.98 Å². The molecule has 4 heteroatoms. The Morgan fingerprint density at radius 1 is 0.941 bits per heavy atom. The molecule has 0 atom stereocenters. The Kier molecular flexibility index (Phi) is 4.49. The molecule has 5 rings (SSSR count). The Bertz CT molecular complexity index is 1670. The lowest BCUT2D eigenvalue weighted by Crippen LogP contribution is -2.13. The first-order valence-corrected chi connectivity index (χ1v) is 12.6. The van der Waals surface area contributed by atoms with E-state index in [4.69, 9.17) is 14.1 Å². The maximum Gasteiger partial charge on any atom is 0.116 e. The fraction of sp³-hybridized carbons (Fsp3) is 0.367. The molecule has 174 valence electrons. The summed E-state index contributed by atoms with van der Waals surface area (Å²) in [5.41, 5.74) is 7.35. The van der Waals surface area contributed by atoms with Crippen LogP contribution < -0.4 is 0 Å². The number of hydrogen-bond acceptors (Lipinski definition) is 4. The van der Waals surface area contributed by atoms with Gasteiger partial charge in [0.05, 0.1) is 21.4 Å². The van der Waals surface area contributed by atoms with Gasteiger partial charge in [-0.2, -0.15) is 0 Å². The predicted octanol–water partition coefficient (Wildman–Crippen LogP) is 8.56. The molecule has 34 heavy (non-hydrogen) atoms. The number of fused-ring (bicyclic) bond motifs is 4. The number of aryl methyl sites for hydroxylation is 2. The highest BCUT2D eigenvalue weighted by Crippen LogP contribution is 2.41. The molecule has 0 saturated heterocycles. The topological polar surface area (TPSA) is 38.7 Å². The molecule has 0 spiro atoms. The summed E-state index contributed by atoms with van der Waals surface area (Å²) in [6.45, 7) is 13.1. The van der Waals surface area contributed by atoms with Crippen LogP contribution >= 0.6 is 11.3 Å². The molecule has 0 N–H and O–H groups in total. The number of rotatable bonds is 2. The first kappa shape index (κ1) is 19.5. The van der Waals surface area contributed by atoms with Crippen LogP contribution in [0.3, 0.4) is 0 Å². The van der Waals surface area contributed by atoms with Gasteiger partial charge in [0.2, 0.25) is 0 Å². The molecule has 2 aromatic carbocycles. The van der Waals surface area contributed by atoms with E-state index in [1.165, 1.54) is 21.2 Å². The minimum atomic E-state index is -2.25. The average molecular weight is 471 g/mol. The number of pyridine rings is 1. The van der Waals surface area contributed by atoms with Crippen molar-refractivity contribution in [3.05, 3.63) is 65.1 Å². The Balaban J connectivity index is 1.75. The number of hydrogen-bond donors (Lipinski definition) is 0. The van der Waals surface area contributed by atoms with E-state index in [1.807, 2.05) is 6.07 Å². The third-order valence-electron chi connectivity index (χ3n) is 6.30. The normalized spacial score (nSPS) is 14.5. The zero-order chi connectivity index (χ0) is 26.9. The molecule has 0 saturated carbocycles. The second-order valence-electron chi connectivity index (χ2n) is 11.6. The van der Waals surface area contributed by atoms with Gasteiger partial charge < -0.3 is 0 Å². The zero-order valence-electron chi connectivity index (χ0n) is 24.0. The van der Waals surface area contributed by atoms with Crippen molar-refractivity contribution < 1.29 is 4.11 Å². The maximum atomic E-state index is 7.83. The molecule has 0 aliphatic carbocycles. The van der Waals surface area contributed by atoms with Crippen LogP contribution in [0.1, 0.15) is 68.0 Å². The Morgan fingerprint density at radius 3 is 2.44 bits per heavy atom. The fourth-order valence-electron chi connectivity index (χ4n) is 4.68. The number of aromatic nitrogens is 3. The monoisotopic (exact) mass is 470 g/mol. The number of nitrogens with zero attached hydrogens (tertiary/aromatic N) is 3. The van der Waals surface area contributed by atoms with Crippen LogP contribution in [0.2, 0.25) is 0 Å². The van der Waals surface area contributed by atoms with Gasteiger partial charge in [-0.05, 0) is 78.0 Å². The molecule has 0 radical (unpaired) electrons. The van der Waals surface area contributed by atoms with Gasteiger partial charge >= 0.3 is 0 Å². The SMILES string of the molecule is [2H]C([2H])([2H])c1ccc2cc(-c3ncnc4c3sc3cc(CC(C)(C)C)c(C)cc34)cc(C(C)(C)C)c2n1. The van der Waals surface area contributed by atoms with E-state index in [2.05, 4.69) is 77.7 Å². The van der Waals surface area contributed by atoms with E-state index in [0.717, 1.165) is 44.4 Å². The highest BCUT2D eigenvalue weighted by Gasteiger charge is 2.22. The molecule has 3 aromatic heterocycles. The van der Waals surface area contributed by atoms with Crippen molar-refractivity contribution in [1.82, 2.24) is 15.0 Å². The van der Waals surface area contributed by atoms with Gasteiger partial charge in [-0.15, -0.1) is 11.3 Å². The van der Waals surface area contributed by atoms with Crippen molar-refractivity contribution >= 4 is 42.5 Å². The molecular formula is C30H33N3S. The van der Waals surface area contributed by atoms with Crippen LogP contribution in [-0.2, 0) is 11.8 Å². The van der Waals surface area contributed by atoms with Crippen molar-refractivity contribution in [3.63, 3.8) is 0 Å². The van der Waals surface area contributed by atoms with E-state index in [1.54, 1.807) is 23.7 Å². The zero-order valence-corrected chi connectivity index (χ0v) is 21.8. The van der Waals surface area contributed by atoms with E-state index < -0.39 is 6.85 Å². The summed E-state index contributed by atoms with van der Waals surface area (Å²) in [4.78, 5) is 14.1. The Morgan fingerprint density at radius 2 is 1.74 bits per heavy atom. The van der Waals surface area contributed by atoms with Gasteiger partial charge in [0.1, 0.15) is 6.33 Å². The van der Waals surface area contributed by atoms with Gasteiger partial charge in [0, 0.05) is 30.8 Å². The van der Waals surface area contributed by atoms with Crippen LogP contribution in [0.5, 0.6) is 0 Å². The van der Waals surface area contributed by atoms with Gasteiger partial charge in [-0.25, -0.2) is 9.97 Å². The standard InChI is InChI=1S/C30H33N3S/c1-17-11-22-24(14-21(17)15-29(3,4)5)34-28-26(31-16-32-27(22)28)20-12-19-10-9-18(2)33-25(19)23(13-20)30(6,7)8/h9-14,16H,15H2,1-8H3/i2D3. The third-order valence-corrected chi connectivity index (χ3v) is 7.45. The Labute approximate surface area is 210 Å². The van der Waals surface area contributed by atoms with Crippen LogP contribution in [0.25, 0.3) is 42.5 Å². The lowest BCUT2D eigenvalue weighted by molar-refractivity contribution is 0.410. The maximum absolute atomic E-state index is 7.83. The van der Waals surface area contributed by atoms with Crippen molar-refractivity contribution in [1.29, 1.82) is 0 Å². The van der Waals surface area contributed by atoms with E-state index in [-0.39, 0.29) is 16.5 Å². The number of benzene rings is 2. The summed E-state index contributed by atoms with van der Waals surface area (Å²) >= 11 is 1.74. The highest BCUT2D eigenvalue weighted by molar-refractivity contribution is 7.26. The van der Waals surface area contributed by atoms with E-state index in [0.29, 0.717) is 0 Å². The molecule has 0 unspecified atom stereocenters. The van der Waals surface area contributed by atoms with Crippen LogP contribution in [0, 0.1) is 19.2 Å². The minimum absolute atomic E-state index is 0.119. The molecule has 3 nitrogen and oxygen atoms in total. The van der Waals surface area contributed by atoms with Gasteiger partial charge in [0.15, 0.2) is 0 Å². The fourth-order valence-corrected chi connectivity index (χ4v) is 5.90. The number of thiophene rings is 1. The third kappa shape index (κ3) is 4.09. The first-order chi connectivity index (χ1) is 17.1. The van der Waals surface area contributed by atoms with Crippen molar-refractivity contribution in [3.8, 4) is 11.3 Å². The lowest BCUT2D eigenvalue weighted by Gasteiger charge is -2.22. The van der Waals surface area contributed by atoms with Crippen molar-refractivity contribution in [2.45, 2.75) is 67.2 Å². The summed E-state index contributed by atoms with van der Waals surface area (Å²) in [5, 5.41) is 2.08. The van der Waals surface area contributed by atoms with Crippen LogP contribution in [0.15, 0.2) is 42.7 Å². The average Bonchev–Trinajstić information content (AvgIpc) is 3.13. The summed E-state index contributed by atoms with van der Waals surface area (Å²) in [7, 11) is 0. The van der Waals surface area contributed by atoms with Gasteiger partial charge in [0.25, 0.3) is 0 Å². The van der Waals surface area contributed by atoms with Crippen molar-refractivity contribution in [2.24, 2.45) is 5.41 Å². The van der Waals surface area contributed by atoms with Crippen molar-refractivity contribution in [2.75, 3.05) is 0 Å². The lowest BCUT2D eigenvalue weighted by atomic mass is 9.84. The molecule has 0 amide bonds. The summed E-state index contributed by atoms with van der Waals surface area (Å²) < 4.78 is 25.8. The molecule has 0 aliphatic heterocycles. The smallest absolute Gasteiger partial charge is 0.116 e. The highest BCUT2D eigenvalue weighted by atomic mass is 32.1. The Hall–Kier alpha value is -2.85. The summed E-state index contributed by atoms with van der Waals surface area (Å²) in [6.07, 6.45) is 2.67. The van der Waals surface area contributed by atoms with E-state index >= 15 is 0 Å². The molecule has 5 aromatic rings. The molecule has 0 bridgehead atoms. The molecular weight excluding hydrogens is 434 g/mol. The second-order valence-corrected chi connectivity index (χ2v) is 12.6. The minimum Gasteiger partial charge on any atom is -0.253 e. The quantitative estimate of drug-likeness (QED) is 0.259. The summed E-state index contributed by atoms with van der Waals surface area (Å²) in [5.74, 6) is 0. The molecule has 0 fully saturated rings. The van der Waals surface area contributed by atoms with E-state index in [9.17, 15) is 0 Å². The molecule has 3 heterocycles.